The van der Waals surface area contributed by atoms with Crippen molar-refractivity contribution in [1.29, 1.82) is 0 Å². The highest BCUT2D eigenvalue weighted by Crippen LogP contribution is 2.40. The molecule has 1 fully saturated rings. The first kappa shape index (κ1) is 16.5. The van der Waals surface area contributed by atoms with E-state index in [-0.39, 0.29) is 5.56 Å². The van der Waals surface area contributed by atoms with Crippen LogP contribution in [0.25, 0.3) is 10.2 Å². The van der Waals surface area contributed by atoms with Crippen LogP contribution in [0.5, 0.6) is 0 Å². The summed E-state index contributed by atoms with van der Waals surface area (Å²) < 4.78 is 2.07. The highest BCUT2D eigenvalue weighted by Gasteiger charge is 2.29. The van der Waals surface area contributed by atoms with Crippen LogP contribution in [0, 0.1) is 5.92 Å². The maximum Gasteiger partial charge on any atom is 0.259 e. The lowest BCUT2D eigenvalue weighted by atomic mass is 9.89. The number of aryl methyl sites for hydroxylation is 1. The number of H-pyrrole nitrogens is 1. The van der Waals surface area contributed by atoms with Crippen LogP contribution in [0.3, 0.4) is 0 Å². The number of aromatic nitrogens is 5. The lowest BCUT2D eigenvalue weighted by molar-refractivity contribution is 0.509. The van der Waals surface area contributed by atoms with E-state index in [1.807, 2.05) is 7.05 Å². The molecule has 1 atom stereocenters. The topological polar surface area (TPSA) is 76.5 Å². The molecule has 0 radical (unpaired) electrons. The van der Waals surface area contributed by atoms with Crippen molar-refractivity contribution in [3.8, 4) is 0 Å². The van der Waals surface area contributed by atoms with Crippen LogP contribution in [0.1, 0.15) is 54.2 Å². The zero-order chi connectivity index (χ0) is 17.8. The quantitative estimate of drug-likeness (QED) is 0.694. The summed E-state index contributed by atoms with van der Waals surface area (Å²) in [6.45, 7) is 2.28. The van der Waals surface area contributed by atoms with E-state index in [1.54, 1.807) is 23.1 Å². The summed E-state index contributed by atoms with van der Waals surface area (Å²) in [5.41, 5.74) is 1.24. The van der Waals surface area contributed by atoms with Crippen molar-refractivity contribution in [2.75, 3.05) is 0 Å². The Morgan fingerprint density at radius 2 is 2.15 bits per heavy atom. The third kappa shape index (κ3) is 2.79. The van der Waals surface area contributed by atoms with Crippen LogP contribution in [0.15, 0.2) is 9.95 Å². The molecule has 8 heteroatoms. The molecule has 3 aromatic heterocycles. The first-order valence-corrected chi connectivity index (χ1v) is 11.0. The van der Waals surface area contributed by atoms with Gasteiger partial charge < -0.3 is 9.55 Å². The second kappa shape index (κ2) is 6.20. The van der Waals surface area contributed by atoms with Gasteiger partial charge in [-0.05, 0) is 43.6 Å². The van der Waals surface area contributed by atoms with Crippen LogP contribution >= 0.6 is 23.1 Å². The molecule has 2 aliphatic carbocycles. The SMILES string of the molecule is C[C@H]1CCc2c(sc3nc(CSc4nnc(C5CC5)n4C)[nH]c(=O)c23)C1. The van der Waals surface area contributed by atoms with Gasteiger partial charge in [0.1, 0.15) is 16.5 Å². The van der Waals surface area contributed by atoms with E-state index >= 15 is 0 Å². The van der Waals surface area contributed by atoms with Gasteiger partial charge in [-0.15, -0.1) is 21.5 Å². The Bertz CT molecular complexity index is 1050. The zero-order valence-electron chi connectivity index (χ0n) is 14.9. The van der Waals surface area contributed by atoms with Crippen LogP contribution < -0.4 is 5.56 Å². The predicted octanol–water partition coefficient (Wildman–Crippen LogP) is 3.41. The first-order chi connectivity index (χ1) is 12.6. The smallest absolute Gasteiger partial charge is 0.259 e. The third-order valence-electron chi connectivity index (χ3n) is 5.36. The number of nitrogens with one attached hydrogen (secondary N) is 1. The van der Waals surface area contributed by atoms with Crippen LogP contribution in [0.2, 0.25) is 0 Å². The molecule has 0 aliphatic heterocycles. The molecule has 0 unspecified atom stereocenters. The number of rotatable bonds is 4. The highest BCUT2D eigenvalue weighted by molar-refractivity contribution is 7.98. The van der Waals surface area contributed by atoms with Gasteiger partial charge in [0.15, 0.2) is 5.16 Å². The van der Waals surface area contributed by atoms with E-state index in [0.717, 1.165) is 46.3 Å². The van der Waals surface area contributed by atoms with Crippen molar-refractivity contribution in [2.45, 2.75) is 55.9 Å². The van der Waals surface area contributed by atoms with E-state index in [0.29, 0.717) is 17.6 Å². The lowest BCUT2D eigenvalue weighted by Crippen LogP contribution is -2.14. The first-order valence-electron chi connectivity index (χ1n) is 9.15. The zero-order valence-corrected chi connectivity index (χ0v) is 16.5. The summed E-state index contributed by atoms with van der Waals surface area (Å²) >= 11 is 3.28. The maximum atomic E-state index is 12.7. The molecule has 5 rings (SSSR count). The Morgan fingerprint density at radius 1 is 1.31 bits per heavy atom. The van der Waals surface area contributed by atoms with Crippen molar-refractivity contribution in [3.05, 3.63) is 32.4 Å². The van der Waals surface area contributed by atoms with Crippen molar-refractivity contribution >= 4 is 33.3 Å². The number of fused-ring (bicyclic) bond motifs is 3. The summed E-state index contributed by atoms with van der Waals surface area (Å²) in [5.74, 6) is 3.66. The number of thioether (sulfide) groups is 1. The molecule has 1 N–H and O–H groups in total. The Labute approximate surface area is 159 Å². The lowest BCUT2D eigenvalue weighted by Gasteiger charge is -2.17. The van der Waals surface area contributed by atoms with E-state index in [1.165, 1.54) is 23.3 Å². The summed E-state index contributed by atoms with van der Waals surface area (Å²) in [7, 11) is 2.02. The molecule has 136 valence electrons. The molecule has 6 nitrogen and oxygen atoms in total. The van der Waals surface area contributed by atoms with Crippen LogP contribution in [-0.2, 0) is 25.6 Å². The van der Waals surface area contributed by atoms with Crippen molar-refractivity contribution in [1.82, 2.24) is 24.7 Å². The summed E-state index contributed by atoms with van der Waals surface area (Å²) in [4.78, 5) is 22.6. The Balaban J connectivity index is 1.42. The van der Waals surface area contributed by atoms with Gasteiger partial charge in [0.05, 0.1) is 11.1 Å². The molecular weight excluding hydrogens is 366 g/mol. The number of aromatic amines is 1. The second-order valence-electron chi connectivity index (χ2n) is 7.51. The number of nitrogens with zero attached hydrogens (tertiary/aromatic N) is 4. The minimum atomic E-state index is 0.00860. The molecule has 3 heterocycles. The number of hydrogen-bond acceptors (Lipinski definition) is 6. The van der Waals surface area contributed by atoms with Gasteiger partial charge in [0.2, 0.25) is 0 Å². The predicted molar refractivity (Wildman–Crippen MR) is 104 cm³/mol. The van der Waals surface area contributed by atoms with Gasteiger partial charge in [0, 0.05) is 17.8 Å². The van der Waals surface area contributed by atoms with Gasteiger partial charge in [-0.3, -0.25) is 4.79 Å². The minimum Gasteiger partial charge on any atom is -0.309 e. The minimum absolute atomic E-state index is 0.00860. The van der Waals surface area contributed by atoms with Gasteiger partial charge in [-0.1, -0.05) is 18.7 Å². The van der Waals surface area contributed by atoms with Crippen molar-refractivity contribution in [3.63, 3.8) is 0 Å². The normalized spacial score (nSPS) is 19.8. The van der Waals surface area contributed by atoms with E-state index < -0.39 is 0 Å². The fourth-order valence-electron chi connectivity index (χ4n) is 3.74. The summed E-state index contributed by atoms with van der Waals surface area (Å²) in [5, 5.41) is 10.3. The van der Waals surface area contributed by atoms with E-state index in [9.17, 15) is 4.79 Å². The summed E-state index contributed by atoms with van der Waals surface area (Å²) in [6.07, 6.45) is 5.65. The molecule has 3 aromatic rings. The van der Waals surface area contributed by atoms with Crippen LogP contribution in [0.4, 0.5) is 0 Å². The van der Waals surface area contributed by atoms with Gasteiger partial charge in [-0.25, -0.2) is 4.98 Å². The molecule has 26 heavy (non-hydrogen) atoms. The monoisotopic (exact) mass is 387 g/mol. The van der Waals surface area contributed by atoms with Gasteiger partial charge in [0.25, 0.3) is 5.56 Å². The Hall–Kier alpha value is -1.67. The molecule has 0 spiro atoms. The molecule has 1 saturated carbocycles. The fourth-order valence-corrected chi connectivity index (χ4v) is 5.93. The van der Waals surface area contributed by atoms with Gasteiger partial charge in [-0.2, -0.15) is 0 Å². The largest absolute Gasteiger partial charge is 0.309 e. The Kier molecular flexibility index (Phi) is 3.93. The standard InChI is InChI=1S/C18H21N5OS2/c1-9-3-6-11-12(7-9)26-17-14(11)16(24)19-13(20-17)8-25-18-22-21-15(23(18)2)10-4-5-10/h9-10H,3-8H2,1-2H3,(H,19,20,24)/t9-/m0/s1. The molecule has 0 saturated heterocycles. The molecule has 0 amide bonds. The molecule has 0 aromatic carbocycles. The Morgan fingerprint density at radius 3 is 2.96 bits per heavy atom. The fraction of sp³-hybridized carbons (Fsp3) is 0.556. The number of thiophene rings is 1. The second-order valence-corrected chi connectivity index (χ2v) is 9.53. The highest BCUT2D eigenvalue weighted by atomic mass is 32.2. The van der Waals surface area contributed by atoms with Crippen LogP contribution in [-0.4, -0.2) is 24.7 Å². The number of hydrogen-bond donors (Lipinski definition) is 1. The van der Waals surface area contributed by atoms with Crippen molar-refractivity contribution in [2.24, 2.45) is 13.0 Å². The summed E-state index contributed by atoms with van der Waals surface area (Å²) in [6, 6.07) is 0. The maximum absolute atomic E-state index is 12.7. The molecule has 0 bridgehead atoms. The van der Waals surface area contributed by atoms with E-state index in [4.69, 9.17) is 4.98 Å². The van der Waals surface area contributed by atoms with Gasteiger partial charge >= 0.3 is 0 Å². The van der Waals surface area contributed by atoms with Crippen molar-refractivity contribution < 1.29 is 0 Å². The van der Waals surface area contributed by atoms with E-state index in [2.05, 4.69) is 26.7 Å². The average molecular weight is 388 g/mol. The third-order valence-corrected chi connectivity index (χ3v) is 7.54. The molecular formula is C18H21N5OS2. The average Bonchev–Trinajstić information content (AvgIpc) is 3.28. The molecule has 2 aliphatic rings.